The Morgan fingerprint density at radius 2 is 1.60 bits per heavy atom. The highest BCUT2D eigenvalue weighted by atomic mass is 16.7. The molecule has 3 rings (SSSR count). The summed E-state index contributed by atoms with van der Waals surface area (Å²) in [6.07, 6.45) is 0. The number of rotatable bonds is 2. The number of ether oxygens (including phenoxy) is 2. The first-order valence-corrected chi connectivity index (χ1v) is 6.55. The lowest BCUT2D eigenvalue weighted by molar-refractivity contribution is -0.155. The van der Waals surface area contributed by atoms with Crippen LogP contribution in [-0.4, -0.2) is 13.1 Å². The van der Waals surface area contributed by atoms with Gasteiger partial charge in [-0.25, -0.2) is 4.79 Å². The van der Waals surface area contributed by atoms with Crippen molar-refractivity contribution < 1.29 is 14.3 Å². The molecule has 0 saturated carbocycles. The largest absolute Gasteiger partial charge is 0.420 e. The molecule has 0 amide bonds. The van der Waals surface area contributed by atoms with E-state index in [-0.39, 0.29) is 5.97 Å². The van der Waals surface area contributed by atoms with Gasteiger partial charge >= 0.3 is 5.97 Å². The minimum absolute atomic E-state index is 0.330. The van der Waals surface area contributed by atoms with Crippen LogP contribution in [0.2, 0.25) is 0 Å². The lowest BCUT2D eigenvalue weighted by Crippen LogP contribution is -2.31. The highest BCUT2D eigenvalue weighted by Crippen LogP contribution is 2.44. The molecule has 0 radical (unpaired) electrons. The third-order valence-corrected chi connectivity index (χ3v) is 3.86. The Labute approximate surface area is 118 Å². The molecule has 102 valence electrons. The smallest absolute Gasteiger partial charge is 0.341 e. The summed E-state index contributed by atoms with van der Waals surface area (Å²) in [6, 6.07) is 13.5. The number of benzene rings is 2. The Hall–Kier alpha value is -2.13. The summed E-state index contributed by atoms with van der Waals surface area (Å²) in [5, 5.41) is 0. The molecule has 1 aliphatic rings. The van der Waals surface area contributed by atoms with E-state index in [1.807, 2.05) is 56.3 Å². The number of carbonyl (C=O) groups is 1. The summed E-state index contributed by atoms with van der Waals surface area (Å²) >= 11 is 0. The standard InChI is InChI=1S/C17H16O3/c1-11-7-4-5-9-13(11)17(19-3)14-10-6-8-12(2)15(14)16(18)20-17/h4-10H,1-3H3. The van der Waals surface area contributed by atoms with E-state index in [0.717, 1.165) is 22.3 Å². The van der Waals surface area contributed by atoms with Gasteiger partial charge in [-0.1, -0.05) is 42.5 Å². The second kappa shape index (κ2) is 4.46. The molecule has 2 aromatic carbocycles. The molecular formula is C17H16O3. The van der Waals surface area contributed by atoms with E-state index in [1.54, 1.807) is 7.11 Å². The van der Waals surface area contributed by atoms with Crippen LogP contribution in [0.3, 0.4) is 0 Å². The third-order valence-electron chi connectivity index (χ3n) is 3.86. The van der Waals surface area contributed by atoms with Crippen LogP contribution in [0.15, 0.2) is 42.5 Å². The number of hydrogen-bond acceptors (Lipinski definition) is 3. The maximum Gasteiger partial charge on any atom is 0.341 e. The van der Waals surface area contributed by atoms with Gasteiger partial charge in [0.2, 0.25) is 0 Å². The van der Waals surface area contributed by atoms with Gasteiger partial charge in [0.1, 0.15) is 0 Å². The molecule has 0 saturated heterocycles. The number of methoxy groups -OCH3 is 1. The minimum atomic E-state index is -1.14. The first-order valence-electron chi connectivity index (χ1n) is 6.55. The van der Waals surface area contributed by atoms with Crippen molar-refractivity contribution in [2.45, 2.75) is 19.6 Å². The van der Waals surface area contributed by atoms with Crippen molar-refractivity contribution in [1.29, 1.82) is 0 Å². The summed E-state index contributed by atoms with van der Waals surface area (Å²) in [5.41, 5.74) is 4.17. The van der Waals surface area contributed by atoms with Gasteiger partial charge in [0.05, 0.1) is 5.56 Å². The van der Waals surface area contributed by atoms with E-state index in [9.17, 15) is 4.79 Å². The molecule has 2 aromatic rings. The molecule has 20 heavy (non-hydrogen) atoms. The number of aryl methyl sites for hydroxylation is 2. The molecule has 0 aromatic heterocycles. The van der Waals surface area contributed by atoms with E-state index in [1.165, 1.54) is 0 Å². The van der Waals surface area contributed by atoms with Crippen molar-refractivity contribution in [2.75, 3.05) is 7.11 Å². The summed E-state index contributed by atoms with van der Waals surface area (Å²) < 4.78 is 11.3. The van der Waals surface area contributed by atoms with Crippen LogP contribution >= 0.6 is 0 Å². The van der Waals surface area contributed by atoms with Crippen LogP contribution in [0.5, 0.6) is 0 Å². The third kappa shape index (κ3) is 1.60. The highest BCUT2D eigenvalue weighted by molar-refractivity contribution is 5.96. The lowest BCUT2D eigenvalue weighted by atomic mass is 9.91. The summed E-state index contributed by atoms with van der Waals surface area (Å²) in [7, 11) is 1.57. The van der Waals surface area contributed by atoms with Crippen LogP contribution < -0.4 is 0 Å². The van der Waals surface area contributed by atoms with Crippen LogP contribution in [0.1, 0.15) is 32.6 Å². The van der Waals surface area contributed by atoms with Crippen LogP contribution in [0.4, 0.5) is 0 Å². The van der Waals surface area contributed by atoms with Crippen LogP contribution in [0.25, 0.3) is 0 Å². The van der Waals surface area contributed by atoms with Gasteiger partial charge in [-0.2, -0.15) is 0 Å². The molecule has 0 aliphatic carbocycles. The van der Waals surface area contributed by atoms with Crippen molar-refractivity contribution in [2.24, 2.45) is 0 Å². The Morgan fingerprint density at radius 3 is 2.30 bits per heavy atom. The molecule has 1 unspecified atom stereocenters. The number of carbonyl (C=O) groups excluding carboxylic acids is 1. The molecular weight excluding hydrogens is 252 g/mol. The van der Waals surface area contributed by atoms with E-state index < -0.39 is 5.79 Å². The summed E-state index contributed by atoms with van der Waals surface area (Å²) in [5.74, 6) is -1.47. The fourth-order valence-electron chi connectivity index (χ4n) is 2.85. The van der Waals surface area contributed by atoms with Gasteiger partial charge in [0.15, 0.2) is 0 Å². The topological polar surface area (TPSA) is 35.5 Å². The normalized spacial score (nSPS) is 20.6. The minimum Gasteiger partial charge on any atom is -0.420 e. The zero-order valence-electron chi connectivity index (χ0n) is 11.8. The number of cyclic esters (lactones) is 1. The molecule has 0 fully saturated rings. The van der Waals surface area contributed by atoms with Gasteiger partial charge in [-0.15, -0.1) is 0 Å². The molecule has 0 spiro atoms. The van der Waals surface area contributed by atoms with Gasteiger partial charge in [0, 0.05) is 18.2 Å². The van der Waals surface area contributed by atoms with E-state index >= 15 is 0 Å². The van der Waals surface area contributed by atoms with Gasteiger partial charge in [0.25, 0.3) is 5.79 Å². The predicted molar refractivity (Wildman–Crippen MR) is 75.6 cm³/mol. The zero-order valence-corrected chi connectivity index (χ0v) is 11.8. The molecule has 1 atom stereocenters. The molecule has 0 N–H and O–H groups in total. The Kier molecular flexibility index (Phi) is 2.87. The zero-order chi connectivity index (χ0) is 14.3. The van der Waals surface area contributed by atoms with Crippen LogP contribution in [-0.2, 0) is 15.3 Å². The number of fused-ring (bicyclic) bond motifs is 1. The Morgan fingerprint density at radius 1 is 0.950 bits per heavy atom. The maximum atomic E-state index is 12.2. The average Bonchev–Trinajstić information content (AvgIpc) is 2.74. The Balaban J connectivity index is 2.31. The molecule has 3 heteroatoms. The van der Waals surface area contributed by atoms with E-state index in [2.05, 4.69) is 0 Å². The fourth-order valence-corrected chi connectivity index (χ4v) is 2.85. The summed E-state index contributed by atoms with van der Waals surface area (Å²) in [4.78, 5) is 12.2. The molecule has 1 aliphatic heterocycles. The quantitative estimate of drug-likeness (QED) is 0.784. The SMILES string of the molecule is COC1(c2ccccc2C)OC(=O)c2c(C)cccc21. The van der Waals surface area contributed by atoms with E-state index in [0.29, 0.717) is 5.56 Å². The van der Waals surface area contributed by atoms with Crippen molar-refractivity contribution in [1.82, 2.24) is 0 Å². The van der Waals surface area contributed by atoms with Crippen LogP contribution in [0, 0.1) is 13.8 Å². The van der Waals surface area contributed by atoms with Crippen molar-refractivity contribution in [3.05, 3.63) is 70.3 Å². The second-order valence-corrected chi connectivity index (χ2v) is 5.02. The molecule has 3 nitrogen and oxygen atoms in total. The van der Waals surface area contributed by atoms with Gasteiger partial charge in [-0.3, -0.25) is 0 Å². The second-order valence-electron chi connectivity index (χ2n) is 5.02. The van der Waals surface area contributed by atoms with Crippen molar-refractivity contribution in [3.63, 3.8) is 0 Å². The first-order chi connectivity index (χ1) is 9.60. The van der Waals surface area contributed by atoms with Crippen molar-refractivity contribution in [3.8, 4) is 0 Å². The maximum absolute atomic E-state index is 12.2. The number of esters is 1. The van der Waals surface area contributed by atoms with Gasteiger partial charge in [-0.05, 0) is 25.0 Å². The first kappa shape index (κ1) is 12.9. The average molecular weight is 268 g/mol. The van der Waals surface area contributed by atoms with Gasteiger partial charge < -0.3 is 9.47 Å². The monoisotopic (exact) mass is 268 g/mol. The predicted octanol–water partition coefficient (Wildman–Crippen LogP) is 3.32. The Bertz CT molecular complexity index is 690. The molecule has 0 bridgehead atoms. The number of hydrogen-bond donors (Lipinski definition) is 0. The highest BCUT2D eigenvalue weighted by Gasteiger charge is 2.48. The lowest BCUT2D eigenvalue weighted by Gasteiger charge is -2.28. The van der Waals surface area contributed by atoms with Crippen molar-refractivity contribution >= 4 is 5.97 Å². The summed E-state index contributed by atoms with van der Waals surface area (Å²) in [6.45, 7) is 3.89. The fraction of sp³-hybridized carbons (Fsp3) is 0.235. The molecule has 1 heterocycles. The van der Waals surface area contributed by atoms with E-state index in [4.69, 9.17) is 9.47 Å².